The van der Waals surface area contributed by atoms with E-state index in [9.17, 15) is 13.2 Å². The first-order valence-corrected chi connectivity index (χ1v) is 6.96. The fourth-order valence-electron chi connectivity index (χ4n) is 1.44. The molecular formula is C13H17F3O2S. The van der Waals surface area contributed by atoms with E-state index in [1.54, 1.807) is 19.1 Å². The highest BCUT2D eigenvalue weighted by atomic mass is 32.2. The lowest BCUT2D eigenvalue weighted by atomic mass is 10.1. The van der Waals surface area contributed by atoms with Crippen LogP contribution in [0, 0.1) is 0 Å². The number of benzene rings is 1. The first kappa shape index (κ1) is 16.2. The number of aliphatic hydroxyl groups excluding tert-OH is 1. The van der Waals surface area contributed by atoms with Gasteiger partial charge in [-0.15, -0.1) is 0 Å². The van der Waals surface area contributed by atoms with Crippen LogP contribution in [0.3, 0.4) is 0 Å². The van der Waals surface area contributed by atoms with E-state index in [0.29, 0.717) is 12.2 Å². The van der Waals surface area contributed by atoms with Crippen molar-refractivity contribution in [1.29, 1.82) is 0 Å². The number of thioether (sulfide) groups is 1. The Bertz CT molecular complexity index is 363. The molecule has 19 heavy (non-hydrogen) atoms. The van der Waals surface area contributed by atoms with Gasteiger partial charge in [0.25, 0.3) is 0 Å². The van der Waals surface area contributed by atoms with Gasteiger partial charge in [0, 0.05) is 5.75 Å². The van der Waals surface area contributed by atoms with Crippen molar-refractivity contribution >= 4 is 11.8 Å². The van der Waals surface area contributed by atoms with Crippen molar-refractivity contribution in [2.75, 3.05) is 12.4 Å². The number of ether oxygens (including phenoxy) is 1. The third-order valence-electron chi connectivity index (χ3n) is 2.39. The maximum absolute atomic E-state index is 11.9. The molecule has 0 radical (unpaired) electrons. The molecule has 0 spiro atoms. The summed E-state index contributed by atoms with van der Waals surface area (Å²) in [5.74, 6) is 0.441. The molecule has 2 nitrogen and oxygen atoms in total. The zero-order valence-corrected chi connectivity index (χ0v) is 11.4. The van der Waals surface area contributed by atoms with Crippen molar-refractivity contribution < 1.29 is 23.0 Å². The minimum absolute atomic E-state index is 0.0250. The third-order valence-corrected chi connectivity index (χ3v) is 3.09. The molecule has 0 fully saturated rings. The van der Waals surface area contributed by atoms with Crippen LogP contribution in [-0.4, -0.2) is 29.1 Å². The summed E-state index contributed by atoms with van der Waals surface area (Å²) in [6.45, 7) is 1.76. The van der Waals surface area contributed by atoms with Crippen LogP contribution < -0.4 is 4.74 Å². The second-order valence-corrected chi connectivity index (χ2v) is 5.33. The average Bonchev–Trinajstić information content (AvgIpc) is 2.32. The van der Waals surface area contributed by atoms with Crippen LogP contribution in [0.4, 0.5) is 13.2 Å². The summed E-state index contributed by atoms with van der Waals surface area (Å²) in [4.78, 5) is 0. The molecule has 0 aliphatic rings. The van der Waals surface area contributed by atoms with Gasteiger partial charge >= 0.3 is 5.51 Å². The zero-order chi connectivity index (χ0) is 14.3. The van der Waals surface area contributed by atoms with Gasteiger partial charge in [0.15, 0.2) is 0 Å². The van der Waals surface area contributed by atoms with E-state index in [2.05, 4.69) is 0 Å². The molecule has 1 unspecified atom stereocenters. The van der Waals surface area contributed by atoms with Crippen LogP contribution in [0.2, 0.25) is 0 Å². The monoisotopic (exact) mass is 294 g/mol. The van der Waals surface area contributed by atoms with Gasteiger partial charge in [-0.2, -0.15) is 13.2 Å². The molecule has 1 N–H and O–H groups in total. The summed E-state index contributed by atoms with van der Waals surface area (Å²) in [5.41, 5.74) is -3.13. The van der Waals surface area contributed by atoms with Gasteiger partial charge in [-0.25, -0.2) is 0 Å². The van der Waals surface area contributed by atoms with Crippen molar-refractivity contribution in [3.05, 3.63) is 29.8 Å². The van der Waals surface area contributed by atoms with Crippen LogP contribution in [0.25, 0.3) is 0 Å². The van der Waals surface area contributed by atoms with Gasteiger partial charge in [0.1, 0.15) is 5.75 Å². The molecule has 0 saturated carbocycles. The topological polar surface area (TPSA) is 29.5 Å². The molecule has 0 aliphatic carbocycles. The minimum Gasteiger partial charge on any atom is -0.493 e. The van der Waals surface area contributed by atoms with Crippen molar-refractivity contribution in [3.63, 3.8) is 0 Å². The highest BCUT2D eigenvalue weighted by Gasteiger charge is 2.27. The molecule has 0 saturated heterocycles. The molecule has 1 atom stereocenters. The second kappa shape index (κ2) is 7.65. The Labute approximate surface area is 115 Å². The Morgan fingerprint density at radius 2 is 1.89 bits per heavy atom. The summed E-state index contributed by atoms with van der Waals surface area (Å²) < 4.78 is 40.8. The van der Waals surface area contributed by atoms with Crippen LogP contribution in [0.15, 0.2) is 24.3 Å². The predicted molar refractivity (Wildman–Crippen MR) is 70.5 cm³/mol. The third kappa shape index (κ3) is 8.00. The summed E-state index contributed by atoms with van der Waals surface area (Å²) >= 11 is -0.0855. The summed E-state index contributed by atoms with van der Waals surface area (Å²) in [6.07, 6.45) is 1.11. The molecular weight excluding hydrogens is 277 g/mol. The van der Waals surface area contributed by atoms with E-state index in [1.807, 2.05) is 12.1 Å². The summed E-state index contributed by atoms with van der Waals surface area (Å²) in [7, 11) is 0. The number of aliphatic hydroxyl groups is 1. The zero-order valence-electron chi connectivity index (χ0n) is 10.6. The maximum Gasteiger partial charge on any atom is 0.441 e. The SMILES string of the molecule is CC(O)CCc1ccc(OCCSC(F)(F)F)cc1. The smallest absolute Gasteiger partial charge is 0.441 e. The van der Waals surface area contributed by atoms with Gasteiger partial charge in [0.2, 0.25) is 0 Å². The van der Waals surface area contributed by atoms with Crippen molar-refractivity contribution in [2.24, 2.45) is 0 Å². The fourth-order valence-corrected chi connectivity index (χ4v) is 1.84. The maximum atomic E-state index is 11.9. The second-order valence-electron chi connectivity index (χ2n) is 4.17. The van der Waals surface area contributed by atoms with Crippen LogP contribution in [0.5, 0.6) is 5.75 Å². The number of hydrogen-bond acceptors (Lipinski definition) is 3. The predicted octanol–water partition coefficient (Wildman–Crippen LogP) is 3.63. The molecule has 0 aliphatic heterocycles. The summed E-state index contributed by atoms with van der Waals surface area (Å²) in [6, 6.07) is 7.18. The van der Waals surface area contributed by atoms with Gasteiger partial charge in [-0.05, 0) is 49.2 Å². The van der Waals surface area contributed by atoms with Gasteiger partial charge in [0.05, 0.1) is 12.7 Å². The van der Waals surface area contributed by atoms with Gasteiger partial charge in [-0.3, -0.25) is 0 Å². The molecule has 1 aromatic carbocycles. The van der Waals surface area contributed by atoms with E-state index in [1.165, 1.54) is 0 Å². The standard InChI is InChI=1S/C13H17F3O2S/c1-10(17)2-3-11-4-6-12(7-5-11)18-8-9-19-13(14,15)16/h4-7,10,17H,2-3,8-9H2,1H3. The summed E-state index contributed by atoms with van der Waals surface area (Å²) in [5, 5.41) is 9.16. The fraction of sp³-hybridized carbons (Fsp3) is 0.538. The first-order chi connectivity index (χ1) is 8.87. The molecule has 0 amide bonds. The largest absolute Gasteiger partial charge is 0.493 e. The average molecular weight is 294 g/mol. The molecule has 108 valence electrons. The number of alkyl halides is 3. The molecule has 0 heterocycles. The highest BCUT2D eigenvalue weighted by Crippen LogP contribution is 2.29. The van der Waals surface area contributed by atoms with Crippen molar-refractivity contribution in [1.82, 2.24) is 0 Å². The van der Waals surface area contributed by atoms with Crippen LogP contribution >= 0.6 is 11.8 Å². The lowest BCUT2D eigenvalue weighted by Crippen LogP contribution is -2.07. The Morgan fingerprint density at radius 1 is 1.26 bits per heavy atom. The van der Waals surface area contributed by atoms with Gasteiger partial charge in [-0.1, -0.05) is 12.1 Å². The minimum atomic E-state index is -4.20. The number of hydrogen-bond donors (Lipinski definition) is 1. The Kier molecular flexibility index (Phi) is 6.51. The van der Waals surface area contributed by atoms with E-state index in [0.717, 1.165) is 12.0 Å². The molecule has 0 bridgehead atoms. The highest BCUT2D eigenvalue weighted by molar-refractivity contribution is 8.00. The van der Waals surface area contributed by atoms with Crippen molar-refractivity contribution in [3.8, 4) is 5.75 Å². The van der Waals surface area contributed by atoms with E-state index in [-0.39, 0.29) is 30.2 Å². The van der Waals surface area contributed by atoms with E-state index in [4.69, 9.17) is 9.84 Å². The molecule has 1 rings (SSSR count). The number of rotatable bonds is 7. The Balaban J connectivity index is 2.28. The van der Waals surface area contributed by atoms with Crippen LogP contribution in [-0.2, 0) is 6.42 Å². The van der Waals surface area contributed by atoms with E-state index < -0.39 is 5.51 Å². The normalized spacial score (nSPS) is 13.3. The molecule has 6 heteroatoms. The Morgan fingerprint density at radius 3 is 2.42 bits per heavy atom. The first-order valence-electron chi connectivity index (χ1n) is 5.97. The quantitative estimate of drug-likeness (QED) is 0.779. The van der Waals surface area contributed by atoms with E-state index >= 15 is 0 Å². The lowest BCUT2D eigenvalue weighted by Gasteiger charge is -2.09. The van der Waals surface area contributed by atoms with Gasteiger partial charge < -0.3 is 9.84 Å². The lowest BCUT2D eigenvalue weighted by molar-refractivity contribution is -0.0329. The number of aryl methyl sites for hydroxylation is 1. The van der Waals surface area contributed by atoms with Crippen LogP contribution in [0.1, 0.15) is 18.9 Å². The Hall–Kier alpha value is -0.880. The molecule has 0 aromatic heterocycles. The number of halogens is 3. The molecule has 1 aromatic rings. The van der Waals surface area contributed by atoms with Crippen molar-refractivity contribution in [2.45, 2.75) is 31.4 Å².